The number of aliphatic hydroxyl groups is 1. The molecule has 132 valence electrons. The fraction of sp³-hybridized carbons (Fsp3) is 0.105. The maximum atomic E-state index is 12.9. The van der Waals surface area contributed by atoms with Gasteiger partial charge in [0.25, 0.3) is 5.91 Å². The second-order valence-electron chi connectivity index (χ2n) is 5.49. The molecule has 0 aliphatic heterocycles. The van der Waals surface area contributed by atoms with Gasteiger partial charge >= 0.3 is 0 Å². The monoisotopic (exact) mass is 353 g/mol. The molecule has 0 atom stereocenters. The molecular weight excluding hydrogens is 337 g/mol. The molecule has 26 heavy (non-hydrogen) atoms. The lowest BCUT2D eigenvalue weighted by Crippen LogP contribution is -2.17. The van der Waals surface area contributed by atoms with Crippen LogP contribution in [0.5, 0.6) is 11.5 Å². The van der Waals surface area contributed by atoms with E-state index in [0.29, 0.717) is 29.3 Å². The highest BCUT2D eigenvalue weighted by atomic mass is 19.1. The lowest BCUT2D eigenvalue weighted by atomic mass is 10.1. The molecule has 0 unspecified atom stereocenters. The van der Waals surface area contributed by atoms with Crippen LogP contribution in [0.4, 0.5) is 4.39 Å². The molecule has 0 spiro atoms. The van der Waals surface area contributed by atoms with Crippen LogP contribution in [0.2, 0.25) is 0 Å². The number of halogens is 1. The van der Waals surface area contributed by atoms with Crippen LogP contribution in [0.3, 0.4) is 0 Å². The van der Waals surface area contributed by atoms with Gasteiger partial charge in [0.2, 0.25) is 5.82 Å². The number of aliphatic hydroxyl groups excluding tert-OH is 1. The summed E-state index contributed by atoms with van der Waals surface area (Å²) in [6.45, 7) is -0.0981. The molecule has 7 heteroatoms. The molecule has 2 aromatic carbocycles. The number of benzene rings is 2. The summed E-state index contributed by atoms with van der Waals surface area (Å²) in [5, 5.41) is 9.09. The number of hydrogen-bond donors (Lipinski definition) is 2. The van der Waals surface area contributed by atoms with Crippen LogP contribution in [0, 0.1) is 5.82 Å². The van der Waals surface area contributed by atoms with Crippen molar-refractivity contribution in [2.45, 2.75) is 6.42 Å². The topological polar surface area (TPSA) is 98.3 Å². The third-order valence-corrected chi connectivity index (χ3v) is 3.57. The SMILES string of the molecule is NC(=O)c1nc(CCO)cc(-c2ccc(Oc3ccc(F)cc3)cc2)n1. The average Bonchev–Trinajstić information content (AvgIpc) is 2.64. The van der Waals surface area contributed by atoms with E-state index in [-0.39, 0.29) is 18.2 Å². The van der Waals surface area contributed by atoms with Crippen molar-refractivity contribution in [3.8, 4) is 22.8 Å². The highest BCUT2D eigenvalue weighted by Gasteiger charge is 2.11. The molecule has 0 aliphatic rings. The number of carbonyl (C=O) groups is 1. The summed E-state index contributed by atoms with van der Waals surface area (Å²) in [6, 6.07) is 14.4. The molecule has 0 saturated carbocycles. The summed E-state index contributed by atoms with van der Waals surface area (Å²) in [5.41, 5.74) is 7.05. The number of primary amides is 1. The van der Waals surface area contributed by atoms with Gasteiger partial charge in [-0.05, 0) is 54.6 Å². The predicted molar refractivity (Wildman–Crippen MR) is 93.2 cm³/mol. The summed E-state index contributed by atoms with van der Waals surface area (Å²) >= 11 is 0. The molecular formula is C19H16FN3O3. The van der Waals surface area contributed by atoms with Crippen LogP contribution in [0.1, 0.15) is 16.3 Å². The summed E-state index contributed by atoms with van der Waals surface area (Å²) in [5.74, 6) is -0.0807. The predicted octanol–water partition coefficient (Wildman–Crippen LogP) is 2.71. The molecule has 3 rings (SSSR count). The fourth-order valence-electron chi connectivity index (χ4n) is 2.33. The Kier molecular flexibility index (Phi) is 5.19. The maximum Gasteiger partial charge on any atom is 0.286 e. The van der Waals surface area contributed by atoms with Crippen LogP contribution in [0.15, 0.2) is 54.6 Å². The van der Waals surface area contributed by atoms with Crippen LogP contribution in [-0.2, 0) is 6.42 Å². The minimum atomic E-state index is -0.734. The van der Waals surface area contributed by atoms with Crippen molar-refractivity contribution in [2.75, 3.05) is 6.61 Å². The van der Waals surface area contributed by atoms with Crippen LogP contribution < -0.4 is 10.5 Å². The molecule has 1 heterocycles. The van der Waals surface area contributed by atoms with Gasteiger partial charge in [-0.1, -0.05) is 0 Å². The zero-order valence-corrected chi connectivity index (χ0v) is 13.7. The van der Waals surface area contributed by atoms with E-state index >= 15 is 0 Å². The Morgan fingerprint density at radius 3 is 2.23 bits per heavy atom. The molecule has 1 aromatic heterocycles. The van der Waals surface area contributed by atoms with Crippen LogP contribution >= 0.6 is 0 Å². The van der Waals surface area contributed by atoms with Crippen molar-refractivity contribution < 1.29 is 19.0 Å². The third-order valence-electron chi connectivity index (χ3n) is 3.57. The van der Waals surface area contributed by atoms with E-state index in [4.69, 9.17) is 15.6 Å². The highest BCUT2D eigenvalue weighted by Crippen LogP contribution is 2.25. The largest absolute Gasteiger partial charge is 0.457 e. The lowest BCUT2D eigenvalue weighted by molar-refractivity contribution is 0.0990. The van der Waals surface area contributed by atoms with Gasteiger partial charge in [0.1, 0.15) is 17.3 Å². The first-order valence-electron chi connectivity index (χ1n) is 7.87. The average molecular weight is 353 g/mol. The molecule has 0 radical (unpaired) electrons. The van der Waals surface area contributed by atoms with Crippen LogP contribution in [-0.4, -0.2) is 27.6 Å². The zero-order valence-electron chi connectivity index (χ0n) is 13.7. The normalized spacial score (nSPS) is 10.5. The summed E-state index contributed by atoms with van der Waals surface area (Å²) < 4.78 is 18.6. The highest BCUT2D eigenvalue weighted by molar-refractivity contribution is 5.89. The van der Waals surface area contributed by atoms with E-state index < -0.39 is 5.91 Å². The Bertz CT molecular complexity index is 912. The van der Waals surface area contributed by atoms with Gasteiger partial charge < -0.3 is 15.6 Å². The summed E-state index contributed by atoms with van der Waals surface area (Å²) in [6.07, 6.45) is 0.293. The molecule has 0 saturated heterocycles. The second kappa shape index (κ2) is 7.71. The first-order valence-corrected chi connectivity index (χ1v) is 7.87. The van der Waals surface area contributed by atoms with E-state index in [1.807, 2.05) is 0 Å². The van der Waals surface area contributed by atoms with Crippen molar-refractivity contribution in [1.29, 1.82) is 0 Å². The van der Waals surface area contributed by atoms with Crippen molar-refractivity contribution >= 4 is 5.91 Å². The van der Waals surface area contributed by atoms with Gasteiger partial charge in [-0.2, -0.15) is 0 Å². The third kappa shape index (κ3) is 4.20. The minimum absolute atomic E-state index is 0.0981. The molecule has 1 amide bonds. The number of carbonyl (C=O) groups excluding carboxylic acids is 1. The maximum absolute atomic E-state index is 12.9. The molecule has 3 aromatic rings. The Hall–Kier alpha value is -3.32. The fourth-order valence-corrected chi connectivity index (χ4v) is 2.33. The minimum Gasteiger partial charge on any atom is -0.457 e. The first-order chi connectivity index (χ1) is 12.5. The Morgan fingerprint density at radius 2 is 1.65 bits per heavy atom. The molecule has 0 fully saturated rings. The number of rotatable bonds is 6. The van der Waals surface area contributed by atoms with Gasteiger partial charge in [-0.15, -0.1) is 0 Å². The van der Waals surface area contributed by atoms with Crippen LogP contribution in [0.25, 0.3) is 11.3 Å². The van der Waals surface area contributed by atoms with E-state index in [1.54, 1.807) is 30.3 Å². The standard InChI is InChI=1S/C19H16FN3O3/c20-13-3-7-16(8-4-13)26-15-5-1-12(2-6-15)17-11-14(9-10-24)22-19(23-17)18(21)25/h1-8,11,24H,9-10H2,(H2,21,25). The van der Waals surface area contributed by atoms with Gasteiger partial charge in [0, 0.05) is 24.3 Å². The molecule has 0 bridgehead atoms. The van der Waals surface area contributed by atoms with Crippen molar-refractivity contribution in [2.24, 2.45) is 5.73 Å². The van der Waals surface area contributed by atoms with Gasteiger partial charge in [-0.3, -0.25) is 4.79 Å². The van der Waals surface area contributed by atoms with E-state index in [2.05, 4.69) is 9.97 Å². The quantitative estimate of drug-likeness (QED) is 0.710. The molecule has 6 nitrogen and oxygen atoms in total. The van der Waals surface area contributed by atoms with E-state index in [1.165, 1.54) is 24.3 Å². The zero-order chi connectivity index (χ0) is 18.5. The smallest absolute Gasteiger partial charge is 0.286 e. The second-order valence-corrected chi connectivity index (χ2v) is 5.49. The Balaban J connectivity index is 1.85. The number of aromatic nitrogens is 2. The van der Waals surface area contributed by atoms with Crippen molar-refractivity contribution in [3.05, 3.63) is 71.9 Å². The van der Waals surface area contributed by atoms with Gasteiger partial charge in [0.15, 0.2) is 0 Å². The summed E-state index contributed by atoms with van der Waals surface area (Å²) in [4.78, 5) is 19.6. The number of amides is 1. The summed E-state index contributed by atoms with van der Waals surface area (Å²) in [7, 11) is 0. The van der Waals surface area contributed by atoms with Crippen molar-refractivity contribution in [3.63, 3.8) is 0 Å². The number of ether oxygens (including phenoxy) is 1. The Labute approximate surface area is 149 Å². The van der Waals surface area contributed by atoms with Gasteiger partial charge in [0.05, 0.1) is 5.69 Å². The van der Waals surface area contributed by atoms with Crippen molar-refractivity contribution in [1.82, 2.24) is 9.97 Å². The number of nitrogens with zero attached hydrogens (tertiary/aromatic N) is 2. The Morgan fingerprint density at radius 1 is 1.04 bits per heavy atom. The van der Waals surface area contributed by atoms with E-state index in [0.717, 1.165) is 5.56 Å². The number of hydrogen-bond acceptors (Lipinski definition) is 5. The first kappa shape index (κ1) is 17.5. The van der Waals surface area contributed by atoms with E-state index in [9.17, 15) is 9.18 Å². The molecule has 0 aliphatic carbocycles. The molecule has 3 N–H and O–H groups in total. The lowest BCUT2D eigenvalue weighted by Gasteiger charge is -2.08. The number of nitrogens with two attached hydrogens (primary N) is 1. The van der Waals surface area contributed by atoms with Gasteiger partial charge in [-0.25, -0.2) is 14.4 Å².